The lowest BCUT2D eigenvalue weighted by Crippen LogP contribution is -2.37. The van der Waals surface area contributed by atoms with Crippen molar-refractivity contribution in [2.75, 3.05) is 7.11 Å². The maximum absolute atomic E-state index is 12.3. The van der Waals surface area contributed by atoms with E-state index in [4.69, 9.17) is 4.74 Å². The van der Waals surface area contributed by atoms with Gasteiger partial charge in [-0.15, -0.1) is 0 Å². The molecule has 0 aliphatic heterocycles. The smallest absolute Gasteiger partial charge is 0.251 e. The summed E-state index contributed by atoms with van der Waals surface area (Å²) in [5.41, 5.74) is 1.63. The fraction of sp³-hybridized carbons (Fsp3) is 0.562. The van der Waals surface area contributed by atoms with E-state index in [1.165, 1.54) is 12.8 Å². The normalized spacial score (nSPS) is 22.9. The van der Waals surface area contributed by atoms with E-state index in [1.807, 2.05) is 25.1 Å². The van der Waals surface area contributed by atoms with E-state index in [1.54, 1.807) is 7.11 Å². The van der Waals surface area contributed by atoms with Crippen molar-refractivity contribution in [2.45, 2.75) is 45.6 Å². The minimum absolute atomic E-state index is 0.0240. The third-order valence-electron chi connectivity index (χ3n) is 4.10. The minimum Gasteiger partial charge on any atom is -0.496 e. The van der Waals surface area contributed by atoms with Gasteiger partial charge < -0.3 is 10.1 Å². The summed E-state index contributed by atoms with van der Waals surface area (Å²) >= 11 is 0. The van der Waals surface area contributed by atoms with Crippen LogP contribution in [-0.2, 0) is 0 Å². The van der Waals surface area contributed by atoms with Gasteiger partial charge in [0.05, 0.1) is 7.11 Å². The van der Waals surface area contributed by atoms with Crippen molar-refractivity contribution >= 4 is 5.91 Å². The van der Waals surface area contributed by atoms with Gasteiger partial charge in [-0.05, 0) is 50.7 Å². The molecule has 104 valence electrons. The Kier molecular flexibility index (Phi) is 4.46. The molecule has 19 heavy (non-hydrogen) atoms. The molecule has 2 rings (SSSR count). The second-order valence-corrected chi connectivity index (χ2v) is 5.56. The Morgan fingerprint density at radius 3 is 2.58 bits per heavy atom. The number of ether oxygens (including phenoxy) is 1. The molecule has 3 nitrogen and oxygen atoms in total. The molecule has 0 radical (unpaired) electrons. The molecule has 0 saturated heterocycles. The van der Waals surface area contributed by atoms with Crippen LogP contribution in [0, 0.1) is 12.8 Å². The van der Waals surface area contributed by atoms with Gasteiger partial charge in [0.15, 0.2) is 0 Å². The summed E-state index contributed by atoms with van der Waals surface area (Å²) in [6.07, 6.45) is 4.61. The molecule has 1 aliphatic rings. The first-order chi connectivity index (χ1) is 9.11. The Labute approximate surface area is 115 Å². The summed E-state index contributed by atoms with van der Waals surface area (Å²) in [5.74, 6) is 1.59. The lowest BCUT2D eigenvalue weighted by Gasteiger charge is -2.27. The highest BCUT2D eigenvalue weighted by atomic mass is 16.5. The maximum atomic E-state index is 12.3. The van der Waals surface area contributed by atoms with Gasteiger partial charge in [0.2, 0.25) is 0 Å². The molecular weight excluding hydrogens is 238 g/mol. The van der Waals surface area contributed by atoms with E-state index in [0.29, 0.717) is 6.04 Å². The average molecular weight is 261 g/mol. The summed E-state index contributed by atoms with van der Waals surface area (Å²) in [6, 6.07) is 5.94. The van der Waals surface area contributed by atoms with Gasteiger partial charge in [0.25, 0.3) is 5.91 Å². The van der Waals surface area contributed by atoms with Crippen molar-refractivity contribution < 1.29 is 9.53 Å². The van der Waals surface area contributed by atoms with Crippen LogP contribution in [0.25, 0.3) is 0 Å². The second-order valence-electron chi connectivity index (χ2n) is 5.56. The highest BCUT2D eigenvalue weighted by Crippen LogP contribution is 2.25. The van der Waals surface area contributed by atoms with Crippen LogP contribution in [0.3, 0.4) is 0 Å². The molecule has 1 fully saturated rings. The molecule has 0 spiro atoms. The molecule has 0 heterocycles. The Balaban J connectivity index is 2.04. The zero-order chi connectivity index (χ0) is 13.8. The SMILES string of the molecule is COc1cccc(C(=O)NC2CCC(C)CC2)c1C. The number of hydrogen-bond acceptors (Lipinski definition) is 2. The molecule has 0 bridgehead atoms. The molecule has 1 aliphatic carbocycles. The van der Waals surface area contributed by atoms with Gasteiger partial charge in [-0.2, -0.15) is 0 Å². The van der Waals surface area contributed by atoms with Crippen molar-refractivity contribution in [3.8, 4) is 5.75 Å². The van der Waals surface area contributed by atoms with E-state index in [2.05, 4.69) is 12.2 Å². The summed E-state index contributed by atoms with van der Waals surface area (Å²) in [7, 11) is 1.63. The van der Waals surface area contributed by atoms with E-state index in [0.717, 1.165) is 35.6 Å². The minimum atomic E-state index is 0.0240. The average Bonchev–Trinajstić information content (AvgIpc) is 2.41. The fourth-order valence-electron chi connectivity index (χ4n) is 2.75. The molecule has 1 amide bonds. The quantitative estimate of drug-likeness (QED) is 0.906. The van der Waals surface area contributed by atoms with Gasteiger partial charge in [0, 0.05) is 17.2 Å². The number of carbonyl (C=O) groups is 1. The summed E-state index contributed by atoms with van der Waals surface area (Å²) < 4.78 is 5.26. The molecule has 3 heteroatoms. The predicted octanol–water partition coefficient (Wildman–Crippen LogP) is 3.31. The highest BCUT2D eigenvalue weighted by molar-refractivity contribution is 5.96. The van der Waals surface area contributed by atoms with Gasteiger partial charge in [-0.1, -0.05) is 13.0 Å². The summed E-state index contributed by atoms with van der Waals surface area (Å²) in [4.78, 5) is 12.3. The van der Waals surface area contributed by atoms with E-state index in [-0.39, 0.29) is 5.91 Å². The van der Waals surface area contributed by atoms with Crippen molar-refractivity contribution in [3.05, 3.63) is 29.3 Å². The number of rotatable bonds is 3. The zero-order valence-electron chi connectivity index (χ0n) is 12.0. The molecule has 1 N–H and O–H groups in total. The van der Waals surface area contributed by atoms with E-state index in [9.17, 15) is 4.79 Å². The lowest BCUT2D eigenvalue weighted by atomic mass is 9.87. The van der Waals surface area contributed by atoms with Crippen LogP contribution in [0.15, 0.2) is 18.2 Å². The first kappa shape index (κ1) is 13.9. The maximum Gasteiger partial charge on any atom is 0.251 e. The topological polar surface area (TPSA) is 38.3 Å². The van der Waals surface area contributed by atoms with Crippen LogP contribution < -0.4 is 10.1 Å². The predicted molar refractivity (Wildman–Crippen MR) is 76.6 cm³/mol. The first-order valence-corrected chi connectivity index (χ1v) is 7.06. The van der Waals surface area contributed by atoms with Crippen molar-refractivity contribution in [1.29, 1.82) is 0 Å². The highest BCUT2D eigenvalue weighted by Gasteiger charge is 2.21. The van der Waals surface area contributed by atoms with E-state index < -0.39 is 0 Å². The number of amides is 1. The van der Waals surface area contributed by atoms with Gasteiger partial charge in [-0.3, -0.25) is 4.79 Å². The zero-order valence-corrected chi connectivity index (χ0v) is 12.0. The second kappa shape index (κ2) is 6.09. The van der Waals surface area contributed by atoms with Crippen LogP contribution >= 0.6 is 0 Å². The molecule has 1 aromatic rings. The molecule has 1 aromatic carbocycles. The van der Waals surface area contributed by atoms with Crippen LogP contribution in [-0.4, -0.2) is 19.1 Å². The Hall–Kier alpha value is -1.51. The first-order valence-electron chi connectivity index (χ1n) is 7.06. The van der Waals surface area contributed by atoms with Gasteiger partial charge >= 0.3 is 0 Å². The molecule has 0 atom stereocenters. The standard InChI is InChI=1S/C16H23NO2/c1-11-7-9-13(10-8-11)17-16(18)14-5-4-6-15(19-3)12(14)2/h4-6,11,13H,7-10H2,1-3H3,(H,17,18). The third kappa shape index (κ3) is 3.28. The Morgan fingerprint density at radius 2 is 1.95 bits per heavy atom. The summed E-state index contributed by atoms with van der Waals surface area (Å²) in [6.45, 7) is 4.21. The Morgan fingerprint density at radius 1 is 1.26 bits per heavy atom. The van der Waals surface area contributed by atoms with Crippen LogP contribution in [0.4, 0.5) is 0 Å². The number of nitrogens with one attached hydrogen (secondary N) is 1. The van der Waals surface area contributed by atoms with Crippen LogP contribution in [0.5, 0.6) is 5.75 Å². The van der Waals surface area contributed by atoms with Gasteiger partial charge in [0.1, 0.15) is 5.75 Å². The number of hydrogen-bond donors (Lipinski definition) is 1. The molecule has 1 saturated carbocycles. The molecular formula is C16H23NO2. The lowest BCUT2D eigenvalue weighted by molar-refractivity contribution is 0.0922. The van der Waals surface area contributed by atoms with E-state index >= 15 is 0 Å². The molecule has 0 aromatic heterocycles. The third-order valence-corrected chi connectivity index (χ3v) is 4.10. The van der Waals surface area contributed by atoms with Gasteiger partial charge in [-0.25, -0.2) is 0 Å². The number of methoxy groups -OCH3 is 1. The van der Waals surface area contributed by atoms with Crippen molar-refractivity contribution in [1.82, 2.24) is 5.32 Å². The van der Waals surface area contributed by atoms with Crippen LogP contribution in [0.2, 0.25) is 0 Å². The van der Waals surface area contributed by atoms with Crippen molar-refractivity contribution in [3.63, 3.8) is 0 Å². The largest absolute Gasteiger partial charge is 0.496 e. The van der Waals surface area contributed by atoms with Crippen molar-refractivity contribution in [2.24, 2.45) is 5.92 Å². The monoisotopic (exact) mass is 261 g/mol. The molecule has 0 unspecified atom stereocenters. The number of carbonyl (C=O) groups excluding carboxylic acids is 1. The number of benzene rings is 1. The van der Waals surface area contributed by atoms with Crippen LogP contribution in [0.1, 0.15) is 48.5 Å². The summed E-state index contributed by atoms with van der Waals surface area (Å²) in [5, 5.41) is 3.15. The Bertz CT molecular complexity index is 448. The fourth-order valence-corrected chi connectivity index (χ4v) is 2.75.